The maximum atomic E-state index is 12.2. The number of carbonyl (C=O) groups excluding carboxylic acids is 2. The lowest BCUT2D eigenvalue weighted by Crippen LogP contribution is -2.16. The van der Waals surface area contributed by atoms with Crippen molar-refractivity contribution in [2.45, 2.75) is 65.4 Å². The number of carbonyl (C=O) groups is 2. The molecule has 0 aromatic rings. The SMILES string of the molecule is C=C1C(=O)OC2C=C(C)CCC(=O)C(C)CCC=C(C)CCC12. The lowest BCUT2D eigenvalue weighted by Gasteiger charge is -2.17. The molecule has 3 atom stereocenters. The van der Waals surface area contributed by atoms with E-state index in [0.717, 1.165) is 37.7 Å². The van der Waals surface area contributed by atoms with Gasteiger partial charge in [-0.05, 0) is 52.0 Å². The molecule has 1 fully saturated rings. The van der Waals surface area contributed by atoms with Crippen molar-refractivity contribution in [1.82, 2.24) is 0 Å². The molecule has 23 heavy (non-hydrogen) atoms. The number of esters is 1. The van der Waals surface area contributed by atoms with Crippen LogP contribution in [-0.2, 0) is 14.3 Å². The quantitative estimate of drug-likeness (QED) is 0.374. The van der Waals surface area contributed by atoms with Crippen LogP contribution in [0.1, 0.15) is 59.3 Å². The molecule has 0 bridgehead atoms. The lowest BCUT2D eigenvalue weighted by molar-refractivity contribution is -0.137. The van der Waals surface area contributed by atoms with Crippen molar-refractivity contribution in [2.24, 2.45) is 11.8 Å². The smallest absolute Gasteiger partial charge is 0.334 e. The lowest BCUT2D eigenvalue weighted by atomic mass is 9.88. The molecule has 0 radical (unpaired) electrons. The van der Waals surface area contributed by atoms with Crippen LogP contribution < -0.4 is 0 Å². The molecular weight excluding hydrogens is 288 g/mol. The topological polar surface area (TPSA) is 43.4 Å². The van der Waals surface area contributed by atoms with Crippen LogP contribution in [0.3, 0.4) is 0 Å². The average molecular weight is 316 g/mol. The number of fused-ring (bicyclic) bond motifs is 1. The minimum atomic E-state index is -0.278. The number of Topliss-reactive ketones (excluding diaryl/α,β-unsaturated/α-hetero) is 1. The van der Waals surface area contributed by atoms with E-state index in [4.69, 9.17) is 4.74 Å². The molecule has 2 aliphatic rings. The van der Waals surface area contributed by atoms with Gasteiger partial charge in [0.05, 0.1) is 0 Å². The Kier molecular flexibility index (Phi) is 5.97. The first-order valence-electron chi connectivity index (χ1n) is 8.64. The minimum absolute atomic E-state index is 0.0540. The van der Waals surface area contributed by atoms with Gasteiger partial charge in [0.25, 0.3) is 0 Å². The Morgan fingerprint density at radius 3 is 2.57 bits per heavy atom. The molecule has 2 rings (SSSR count). The molecule has 0 N–H and O–H groups in total. The molecular formula is C20H28O3. The van der Waals surface area contributed by atoms with Crippen molar-refractivity contribution in [3.05, 3.63) is 35.5 Å². The molecule has 3 nitrogen and oxygen atoms in total. The summed E-state index contributed by atoms with van der Waals surface area (Å²) >= 11 is 0. The summed E-state index contributed by atoms with van der Waals surface area (Å²) in [5, 5.41) is 0. The highest BCUT2D eigenvalue weighted by atomic mass is 16.5. The Bertz CT molecular complexity index is 553. The Morgan fingerprint density at radius 2 is 1.83 bits per heavy atom. The van der Waals surface area contributed by atoms with Crippen LogP contribution in [0.25, 0.3) is 0 Å². The summed E-state index contributed by atoms with van der Waals surface area (Å²) in [6.07, 6.45) is 9.01. The van der Waals surface area contributed by atoms with Crippen LogP contribution in [0.5, 0.6) is 0 Å². The molecule has 1 heterocycles. The number of hydrogen-bond acceptors (Lipinski definition) is 3. The zero-order chi connectivity index (χ0) is 17.0. The van der Waals surface area contributed by atoms with Gasteiger partial charge in [-0.15, -0.1) is 0 Å². The predicted molar refractivity (Wildman–Crippen MR) is 91.9 cm³/mol. The van der Waals surface area contributed by atoms with E-state index in [1.54, 1.807) is 0 Å². The van der Waals surface area contributed by atoms with Gasteiger partial charge in [0, 0.05) is 23.8 Å². The number of ether oxygens (including phenoxy) is 1. The second kappa shape index (κ2) is 7.76. The number of rotatable bonds is 0. The fourth-order valence-corrected chi connectivity index (χ4v) is 3.28. The molecule has 1 saturated heterocycles. The second-order valence-electron chi connectivity index (χ2n) is 7.05. The van der Waals surface area contributed by atoms with Crippen molar-refractivity contribution in [3.63, 3.8) is 0 Å². The van der Waals surface area contributed by atoms with Gasteiger partial charge >= 0.3 is 5.97 Å². The van der Waals surface area contributed by atoms with E-state index in [2.05, 4.69) is 19.6 Å². The van der Waals surface area contributed by atoms with E-state index in [9.17, 15) is 9.59 Å². The van der Waals surface area contributed by atoms with Gasteiger partial charge < -0.3 is 4.74 Å². The fourth-order valence-electron chi connectivity index (χ4n) is 3.28. The largest absolute Gasteiger partial charge is 0.454 e. The summed E-state index contributed by atoms with van der Waals surface area (Å²) in [4.78, 5) is 24.0. The molecule has 0 amide bonds. The van der Waals surface area contributed by atoms with Crippen molar-refractivity contribution in [1.29, 1.82) is 0 Å². The van der Waals surface area contributed by atoms with Gasteiger partial charge in [0.2, 0.25) is 0 Å². The zero-order valence-corrected chi connectivity index (χ0v) is 14.6. The first kappa shape index (κ1) is 17.7. The van der Waals surface area contributed by atoms with Gasteiger partial charge in [-0.25, -0.2) is 4.79 Å². The van der Waals surface area contributed by atoms with Gasteiger partial charge in [-0.1, -0.05) is 30.7 Å². The molecule has 0 spiro atoms. The van der Waals surface area contributed by atoms with E-state index in [1.165, 1.54) is 5.57 Å². The summed E-state index contributed by atoms with van der Waals surface area (Å²) in [6, 6.07) is 0. The maximum Gasteiger partial charge on any atom is 0.334 e. The first-order valence-corrected chi connectivity index (χ1v) is 8.64. The third-order valence-electron chi connectivity index (χ3n) is 5.06. The third kappa shape index (κ3) is 4.66. The van der Waals surface area contributed by atoms with Crippen LogP contribution in [0.15, 0.2) is 35.5 Å². The standard InChI is InChI=1S/C20H28O3/c1-13-6-5-7-15(3)18(21)11-9-14(2)12-19-17(10-8-13)16(4)20(22)23-19/h6,12,15,17,19H,4-5,7-11H2,1-3H3. The van der Waals surface area contributed by atoms with Gasteiger partial charge in [0.1, 0.15) is 11.9 Å². The van der Waals surface area contributed by atoms with E-state index < -0.39 is 0 Å². The van der Waals surface area contributed by atoms with Crippen molar-refractivity contribution < 1.29 is 14.3 Å². The van der Waals surface area contributed by atoms with Crippen LogP contribution in [-0.4, -0.2) is 17.9 Å². The average Bonchev–Trinajstić information content (AvgIpc) is 2.76. The molecule has 126 valence electrons. The molecule has 0 saturated carbocycles. The second-order valence-corrected chi connectivity index (χ2v) is 7.05. The predicted octanol–water partition coefficient (Wildman–Crippen LogP) is 4.54. The fraction of sp³-hybridized carbons (Fsp3) is 0.600. The van der Waals surface area contributed by atoms with Crippen molar-refractivity contribution in [3.8, 4) is 0 Å². The van der Waals surface area contributed by atoms with Crippen molar-refractivity contribution >= 4 is 11.8 Å². The number of hydrogen-bond donors (Lipinski definition) is 0. The molecule has 3 unspecified atom stereocenters. The van der Waals surface area contributed by atoms with E-state index >= 15 is 0 Å². The van der Waals surface area contributed by atoms with Crippen LogP contribution in [0, 0.1) is 11.8 Å². The normalized spacial score (nSPS) is 30.9. The van der Waals surface area contributed by atoms with Gasteiger partial charge in [0.15, 0.2) is 0 Å². The minimum Gasteiger partial charge on any atom is -0.454 e. The zero-order valence-electron chi connectivity index (χ0n) is 14.6. The summed E-state index contributed by atoms with van der Waals surface area (Å²) < 4.78 is 5.47. The Hall–Kier alpha value is -1.64. The molecule has 0 aromatic carbocycles. The summed E-state index contributed by atoms with van der Waals surface area (Å²) in [5.74, 6) is 0.218. The highest BCUT2D eigenvalue weighted by Crippen LogP contribution is 2.33. The molecule has 1 aliphatic heterocycles. The molecule has 3 heteroatoms. The molecule has 0 aromatic heterocycles. The van der Waals surface area contributed by atoms with Crippen LogP contribution in [0.2, 0.25) is 0 Å². The first-order chi connectivity index (χ1) is 10.9. The van der Waals surface area contributed by atoms with E-state index in [0.29, 0.717) is 17.8 Å². The van der Waals surface area contributed by atoms with Crippen LogP contribution >= 0.6 is 0 Å². The number of ketones is 1. The Balaban J connectivity index is 2.19. The highest BCUT2D eigenvalue weighted by Gasteiger charge is 2.36. The summed E-state index contributed by atoms with van der Waals surface area (Å²) in [6.45, 7) is 10.1. The van der Waals surface area contributed by atoms with Gasteiger partial charge in [-0.3, -0.25) is 4.79 Å². The Morgan fingerprint density at radius 1 is 1.09 bits per heavy atom. The maximum absolute atomic E-state index is 12.2. The van der Waals surface area contributed by atoms with Crippen LogP contribution in [0.4, 0.5) is 0 Å². The van der Waals surface area contributed by atoms with E-state index in [-0.39, 0.29) is 23.9 Å². The monoisotopic (exact) mass is 316 g/mol. The van der Waals surface area contributed by atoms with E-state index in [1.807, 2.05) is 19.9 Å². The Labute approximate surface area is 139 Å². The highest BCUT2D eigenvalue weighted by molar-refractivity contribution is 5.91. The summed E-state index contributed by atoms with van der Waals surface area (Å²) in [5.41, 5.74) is 3.02. The third-order valence-corrected chi connectivity index (χ3v) is 5.06. The summed E-state index contributed by atoms with van der Waals surface area (Å²) in [7, 11) is 0. The molecule has 1 aliphatic carbocycles. The number of allylic oxidation sites excluding steroid dienone is 3. The van der Waals surface area contributed by atoms with Gasteiger partial charge in [-0.2, -0.15) is 0 Å². The van der Waals surface area contributed by atoms with Crippen molar-refractivity contribution in [2.75, 3.05) is 0 Å².